The monoisotopic (exact) mass is 123 g/mol. The van der Waals surface area contributed by atoms with Gasteiger partial charge in [-0.25, -0.2) is 0 Å². The topological polar surface area (TPSA) is 17.8 Å². The summed E-state index contributed by atoms with van der Waals surface area (Å²) in [6.07, 6.45) is 3.47. The number of nitrogens with zero attached hydrogens (tertiary/aromatic N) is 2. The van der Waals surface area contributed by atoms with Gasteiger partial charge in [0.15, 0.2) is 0 Å². The number of hydrogen-bond donors (Lipinski definition) is 0. The summed E-state index contributed by atoms with van der Waals surface area (Å²) < 4.78 is 1.50. The Morgan fingerprint density at radius 3 is 2.67 bits per heavy atom. The van der Waals surface area contributed by atoms with E-state index in [0.29, 0.717) is 0 Å². The summed E-state index contributed by atoms with van der Waals surface area (Å²) in [6.45, 7) is 0. The molecule has 33 valence electrons. The first-order valence-electron chi connectivity index (χ1n) is 1.54. The van der Waals surface area contributed by atoms with Crippen LogP contribution in [0, 0.1) is 0 Å². The molecule has 0 spiro atoms. The van der Waals surface area contributed by atoms with Crippen molar-refractivity contribution in [3.63, 3.8) is 0 Å². The number of rotatable bonds is 0. The van der Waals surface area contributed by atoms with E-state index in [0.717, 1.165) is 0 Å². The summed E-state index contributed by atoms with van der Waals surface area (Å²) in [5.41, 5.74) is 0. The first-order valence-corrected chi connectivity index (χ1v) is 2.03. The molecule has 0 saturated heterocycles. The fourth-order valence-electron chi connectivity index (χ4n) is 0.246. The van der Waals surface area contributed by atoms with Gasteiger partial charge < -0.3 is 0 Å². The van der Waals surface area contributed by atoms with Crippen molar-refractivity contribution >= 4 is 0 Å². The quantitative estimate of drug-likeness (QED) is 0.450. The zero-order chi connectivity index (χ0) is 4.41. The molecule has 2 nitrogen and oxygen atoms in total. The molecule has 0 aliphatic carbocycles. The summed E-state index contributed by atoms with van der Waals surface area (Å²) in [5.74, 6) is 0. The van der Waals surface area contributed by atoms with E-state index < -0.39 is 0 Å². The van der Waals surface area contributed by atoms with Crippen LogP contribution in [0.2, 0.25) is 0 Å². The van der Waals surface area contributed by atoms with Gasteiger partial charge in [-0.05, 0) is 0 Å². The van der Waals surface area contributed by atoms with Crippen LogP contribution in [0.25, 0.3) is 0 Å². The Kier molecular flexibility index (Phi) is 0.945. The molecule has 1 aromatic rings. The van der Waals surface area contributed by atoms with E-state index in [-0.39, 0.29) is 0 Å². The molecule has 0 aliphatic rings. The molecule has 0 bridgehead atoms. The minimum absolute atomic E-state index is 1.50. The normalized spacial score (nSPS) is 8.83. The molecule has 0 saturated carbocycles. The SMILES string of the molecule is [Fe][n]1cccn1. The van der Waals surface area contributed by atoms with Gasteiger partial charge in [-0.2, -0.15) is 0 Å². The van der Waals surface area contributed by atoms with Crippen LogP contribution in [0.4, 0.5) is 0 Å². The maximum absolute atomic E-state index is 3.72. The first-order chi connectivity index (χ1) is 2.89. The fourth-order valence-corrected chi connectivity index (χ4v) is 0.415. The number of aromatic nitrogens is 2. The summed E-state index contributed by atoms with van der Waals surface area (Å²) in [4.78, 5) is 0. The number of hydrogen-bond acceptors (Lipinski definition) is 1. The van der Waals surface area contributed by atoms with Gasteiger partial charge in [-0.3, -0.25) is 0 Å². The Bertz CT molecular complexity index is 112. The van der Waals surface area contributed by atoms with Crippen molar-refractivity contribution in [1.29, 1.82) is 0 Å². The third kappa shape index (κ3) is 0.614. The van der Waals surface area contributed by atoms with Crippen LogP contribution in [-0.2, 0) is 16.2 Å². The molecule has 3 heteroatoms. The first kappa shape index (κ1) is 3.90. The molecule has 0 amide bonds. The van der Waals surface area contributed by atoms with Crippen LogP contribution in [0.15, 0.2) is 18.5 Å². The van der Waals surface area contributed by atoms with Crippen LogP contribution in [0.3, 0.4) is 0 Å². The zero-order valence-electron chi connectivity index (χ0n) is 2.98. The molecule has 6 heavy (non-hydrogen) atoms. The second-order valence-electron chi connectivity index (χ2n) is 0.884. The van der Waals surface area contributed by atoms with Gasteiger partial charge in [-0.15, -0.1) is 0 Å². The van der Waals surface area contributed by atoms with E-state index in [9.17, 15) is 0 Å². The molecule has 0 aromatic carbocycles. The zero-order valence-corrected chi connectivity index (χ0v) is 4.08. The van der Waals surface area contributed by atoms with Crippen molar-refractivity contribution in [1.82, 2.24) is 8.80 Å². The molecule has 1 rings (SSSR count). The molecule has 0 unspecified atom stereocenters. The van der Waals surface area contributed by atoms with Crippen LogP contribution < -0.4 is 0 Å². The van der Waals surface area contributed by atoms with Gasteiger partial charge in [0.2, 0.25) is 0 Å². The standard InChI is InChI=1S/C3H3N2.Fe/c1-2-4-5-3-1;/h1-3H;/q-1;+1. The van der Waals surface area contributed by atoms with Crippen molar-refractivity contribution < 1.29 is 16.2 Å². The van der Waals surface area contributed by atoms with Crippen LogP contribution in [-0.4, -0.2) is 8.80 Å². The van der Waals surface area contributed by atoms with Crippen molar-refractivity contribution in [2.75, 3.05) is 0 Å². The van der Waals surface area contributed by atoms with Gasteiger partial charge >= 0.3 is 43.5 Å². The summed E-state index contributed by atoms with van der Waals surface area (Å²) >= 11 is 3.49. The average molecular weight is 123 g/mol. The van der Waals surface area contributed by atoms with Gasteiger partial charge in [0.25, 0.3) is 0 Å². The van der Waals surface area contributed by atoms with Crippen LogP contribution >= 0.6 is 0 Å². The second kappa shape index (κ2) is 1.45. The molecule has 0 fully saturated rings. The van der Waals surface area contributed by atoms with Crippen molar-refractivity contribution in [2.24, 2.45) is 0 Å². The molecular formula is C3H3FeN2. The van der Waals surface area contributed by atoms with Gasteiger partial charge in [-0.1, -0.05) is 0 Å². The Balaban J connectivity index is 3.05. The van der Waals surface area contributed by atoms with E-state index in [4.69, 9.17) is 0 Å². The molecule has 0 atom stereocenters. The van der Waals surface area contributed by atoms with Crippen molar-refractivity contribution in [3.05, 3.63) is 18.5 Å². The Labute approximate surface area is 44.2 Å². The minimum atomic E-state index is 1.50. The predicted octanol–water partition coefficient (Wildman–Crippen LogP) is 0.193. The van der Waals surface area contributed by atoms with Gasteiger partial charge in [0.05, 0.1) is 0 Å². The molecule has 0 N–H and O–H groups in total. The Hall–Kier alpha value is -0.271. The predicted molar refractivity (Wildman–Crippen MR) is 17.6 cm³/mol. The van der Waals surface area contributed by atoms with E-state index in [1.807, 2.05) is 6.07 Å². The molecule has 1 heterocycles. The Morgan fingerprint density at radius 1 is 1.67 bits per heavy atom. The average Bonchev–Trinajstić information content (AvgIpc) is 1.86. The van der Waals surface area contributed by atoms with E-state index in [1.54, 1.807) is 12.4 Å². The van der Waals surface area contributed by atoms with Crippen LogP contribution in [0.1, 0.15) is 0 Å². The van der Waals surface area contributed by atoms with E-state index in [2.05, 4.69) is 21.3 Å². The van der Waals surface area contributed by atoms with Gasteiger partial charge in [0, 0.05) is 0 Å². The van der Waals surface area contributed by atoms with E-state index >= 15 is 0 Å². The third-order valence-electron chi connectivity index (χ3n) is 0.466. The molecule has 1 aromatic heterocycles. The van der Waals surface area contributed by atoms with Crippen LogP contribution in [0.5, 0.6) is 0 Å². The van der Waals surface area contributed by atoms with Gasteiger partial charge in [0.1, 0.15) is 0 Å². The summed E-state index contributed by atoms with van der Waals surface area (Å²) in [7, 11) is 0. The second-order valence-corrected chi connectivity index (χ2v) is 1.39. The van der Waals surface area contributed by atoms with Crippen molar-refractivity contribution in [3.8, 4) is 0 Å². The molecule has 0 aliphatic heterocycles. The van der Waals surface area contributed by atoms with Crippen molar-refractivity contribution in [2.45, 2.75) is 0 Å². The Morgan fingerprint density at radius 2 is 2.50 bits per heavy atom. The third-order valence-corrected chi connectivity index (χ3v) is 0.758. The van der Waals surface area contributed by atoms with E-state index in [1.165, 1.54) is 3.70 Å². The molecular weight excluding hydrogens is 120 g/mol. The fraction of sp³-hybridized carbons (Fsp3) is 0. The molecule has 0 radical (unpaired) electrons. The maximum atomic E-state index is 3.72. The summed E-state index contributed by atoms with van der Waals surface area (Å²) in [5, 5.41) is 3.72. The summed E-state index contributed by atoms with van der Waals surface area (Å²) in [6, 6.07) is 1.83.